The van der Waals surface area contributed by atoms with Crippen molar-refractivity contribution in [2.45, 2.75) is 32.4 Å². The van der Waals surface area contributed by atoms with Gasteiger partial charge < -0.3 is 20.7 Å². The van der Waals surface area contributed by atoms with E-state index < -0.39 is 35.3 Å². The number of aromatic nitrogens is 2. The summed E-state index contributed by atoms with van der Waals surface area (Å²) in [5.41, 5.74) is 4.63. The van der Waals surface area contributed by atoms with Gasteiger partial charge in [-0.3, -0.25) is 14.2 Å². The molecule has 1 fully saturated rings. The van der Waals surface area contributed by atoms with Crippen LogP contribution in [0.2, 0.25) is 0 Å². The molecule has 1 aliphatic heterocycles. The molecular formula is C20H25F2N5O4. The van der Waals surface area contributed by atoms with E-state index in [9.17, 15) is 23.2 Å². The van der Waals surface area contributed by atoms with Gasteiger partial charge in [0.05, 0.1) is 18.8 Å². The van der Waals surface area contributed by atoms with Crippen LogP contribution in [0.15, 0.2) is 27.8 Å². The van der Waals surface area contributed by atoms with Gasteiger partial charge in [-0.2, -0.15) is 0 Å². The number of ether oxygens (including phenoxy) is 1. The number of carbonyl (C=O) groups excluding carboxylic acids is 1. The second-order valence-corrected chi connectivity index (χ2v) is 7.27. The van der Waals surface area contributed by atoms with Crippen molar-refractivity contribution in [3.05, 3.63) is 50.7 Å². The van der Waals surface area contributed by atoms with Gasteiger partial charge in [0.1, 0.15) is 29.7 Å². The number of nitrogens with one attached hydrogen (secondary N) is 1. The van der Waals surface area contributed by atoms with Gasteiger partial charge >= 0.3 is 5.69 Å². The third-order valence-electron chi connectivity index (χ3n) is 5.14. The maximum atomic E-state index is 13.8. The largest absolute Gasteiger partial charge is 0.383 e. The number of carbonyl (C=O) groups is 1. The van der Waals surface area contributed by atoms with Crippen molar-refractivity contribution in [3.8, 4) is 0 Å². The molecule has 1 amide bonds. The third-order valence-corrected chi connectivity index (χ3v) is 5.14. The second-order valence-electron chi connectivity index (χ2n) is 7.27. The Morgan fingerprint density at radius 2 is 1.87 bits per heavy atom. The van der Waals surface area contributed by atoms with E-state index in [1.807, 2.05) is 4.90 Å². The fraction of sp³-hybridized carbons (Fsp3) is 0.450. The van der Waals surface area contributed by atoms with Crippen LogP contribution in [0.25, 0.3) is 0 Å². The van der Waals surface area contributed by atoms with Crippen LogP contribution in [-0.2, 0) is 22.6 Å². The maximum Gasteiger partial charge on any atom is 0.333 e. The lowest BCUT2D eigenvalue weighted by atomic mass is 10.1. The monoisotopic (exact) mass is 437 g/mol. The molecule has 0 bridgehead atoms. The molecule has 1 saturated heterocycles. The molecule has 0 radical (unpaired) electrons. The van der Waals surface area contributed by atoms with Crippen LogP contribution in [0, 0.1) is 11.6 Å². The molecule has 9 nitrogen and oxygen atoms in total. The summed E-state index contributed by atoms with van der Waals surface area (Å²) in [6, 6.07) is 2.67. The van der Waals surface area contributed by atoms with Crippen molar-refractivity contribution in [2.75, 3.05) is 42.8 Å². The Balaban J connectivity index is 1.98. The molecule has 0 unspecified atom stereocenters. The highest BCUT2D eigenvalue weighted by Gasteiger charge is 2.24. The van der Waals surface area contributed by atoms with E-state index in [4.69, 9.17) is 10.5 Å². The summed E-state index contributed by atoms with van der Waals surface area (Å²) in [5, 5.41) is 2.26. The fourth-order valence-corrected chi connectivity index (χ4v) is 3.58. The number of halogens is 2. The van der Waals surface area contributed by atoms with Gasteiger partial charge in [-0.1, -0.05) is 0 Å². The topological polar surface area (TPSA) is 112 Å². The minimum Gasteiger partial charge on any atom is -0.383 e. The molecule has 0 atom stereocenters. The minimum atomic E-state index is -0.968. The van der Waals surface area contributed by atoms with Crippen LogP contribution >= 0.6 is 0 Å². The van der Waals surface area contributed by atoms with E-state index >= 15 is 0 Å². The molecule has 11 heteroatoms. The summed E-state index contributed by atoms with van der Waals surface area (Å²) in [6.07, 6.45) is 2.78. The van der Waals surface area contributed by atoms with E-state index in [2.05, 4.69) is 5.32 Å². The number of nitrogens with two attached hydrogens (primary N) is 1. The Hall–Kier alpha value is -3.21. The lowest BCUT2D eigenvalue weighted by Crippen LogP contribution is -2.47. The van der Waals surface area contributed by atoms with Gasteiger partial charge in [-0.25, -0.2) is 18.1 Å². The Bertz CT molecular complexity index is 1080. The van der Waals surface area contributed by atoms with Crippen molar-refractivity contribution in [1.29, 1.82) is 0 Å². The van der Waals surface area contributed by atoms with E-state index in [1.165, 1.54) is 11.7 Å². The van der Waals surface area contributed by atoms with Crippen molar-refractivity contribution >= 4 is 23.1 Å². The fourth-order valence-electron chi connectivity index (χ4n) is 3.58. The first-order chi connectivity index (χ1) is 14.8. The number of piperidine rings is 1. The lowest BCUT2D eigenvalue weighted by Gasteiger charge is -2.30. The van der Waals surface area contributed by atoms with Gasteiger partial charge in [0.15, 0.2) is 0 Å². The number of benzene rings is 1. The minimum absolute atomic E-state index is 0.0233. The first-order valence-electron chi connectivity index (χ1n) is 9.95. The molecule has 168 valence electrons. The number of nitrogens with zero attached hydrogens (tertiary/aromatic N) is 3. The number of hydrogen-bond donors (Lipinski definition) is 2. The van der Waals surface area contributed by atoms with Crippen LogP contribution in [0.4, 0.5) is 26.0 Å². The molecule has 1 aliphatic rings. The summed E-state index contributed by atoms with van der Waals surface area (Å²) < 4.78 is 33.9. The SMILES string of the molecule is COCCn1c(N)c(N2CCCCC2)c(=O)n(CC(=O)Nc2ccc(F)cc2F)c1=O. The average Bonchev–Trinajstić information content (AvgIpc) is 2.74. The summed E-state index contributed by atoms with van der Waals surface area (Å²) in [4.78, 5) is 40.3. The van der Waals surface area contributed by atoms with Crippen LogP contribution < -0.4 is 27.2 Å². The number of rotatable bonds is 7. The molecular weight excluding hydrogens is 412 g/mol. The maximum absolute atomic E-state index is 13.8. The third kappa shape index (κ3) is 4.93. The number of anilines is 3. The highest BCUT2D eigenvalue weighted by atomic mass is 19.1. The molecule has 0 aliphatic carbocycles. The number of amides is 1. The zero-order chi connectivity index (χ0) is 22.5. The standard InChI is InChI=1S/C20H25F2N5O4/c1-31-10-9-26-18(23)17(25-7-3-2-4-8-25)19(29)27(20(26)30)12-16(28)24-15-6-5-13(21)11-14(15)22/h5-6,11H,2-4,7-10,12,23H2,1H3,(H,24,28). The van der Waals surface area contributed by atoms with Gasteiger partial charge in [0.2, 0.25) is 5.91 Å². The van der Waals surface area contributed by atoms with Gasteiger partial charge in [0, 0.05) is 26.3 Å². The predicted molar refractivity (Wildman–Crippen MR) is 112 cm³/mol. The Labute approximate surface area is 177 Å². The van der Waals surface area contributed by atoms with Gasteiger partial charge in [0.25, 0.3) is 5.56 Å². The van der Waals surface area contributed by atoms with Crippen molar-refractivity contribution in [2.24, 2.45) is 0 Å². The van der Waals surface area contributed by atoms with Crippen molar-refractivity contribution < 1.29 is 18.3 Å². The zero-order valence-electron chi connectivity index (χ0n) is 17.2. The van der Waals surface area contributed by atoms with E-state index in [0.717, 1.165) is 36.0 Å². The normalized spacial score (nSPS) is 14.0. The lowest BCUT2D eigenvalue weighted by molar-refractivity contribution is -0.116. The summed E-state index contributed by atoms with van der Waals surface area (Å²) in [6.45, 7) is 0.831. The number of nitrogen functional groups attached to an aromatic ring is 1. The molecule has 0 saturated carbocycles. The zero-order valence-corrected chi connectivity index (χ0v) is 17.2. The van der Waals surface area contributed by atoms with Crippen LogP contribution in [0.3, 0.4) is 0 Å². The smallest absolute Gasteiger partial charge is 0.333 e. The Morgan fingerprint density at radius 1 is 1.16 bits per heavy atom. The molecule has 1 aromatic carbocycles. The molecule has 31 heavy (non-hydrogen) atoms. The van der Waals surface area contributed by atoms with Crippen LogP contribution in [0.5, 0.6) is 0 Å². The van der Waals surface area contributed by atoms with E-state index in [1.54, 1.807) is 0 Å². The summed E-state index contributed by atoms with van der Waals surface area (Å²) in [7, 11) is 1.47. The molecule has 3 N–H and O–H groups in total. The number of hydrogen-bond acceptors (Lipinski definition) is 6. The first-order valence-corrected chi connectivity index (χ1v) is 9.95. The van der Waals surface area contributed by atoms with Gasteiger partial charge in [-0.05, 0) is 31.4 Å². The van der Waals surface area contributed by atoms with Crippen LogP contribution in [-0.4, -0.2) is 41.8 Å². The number of methoxy groups -OCH3 is 1. The first kappa shape index (κ1) is 22.5. The van der Waals surface area contributed by atoms with E-state index in [0.29, 0.717) is 19.2 Å². The molecule has 2 aromatic rings. The predicted octanol–water partition coefficient (Wildman–Crippen LogP) is 1.15. The average molecular weight is 437 g/mol. The molecule has 3 rings (SSSR count). The molecule has 1 aromatic heterocycles. The van der Waals surface area contributed by atoms with Crippen LogP contribution in [0.1, 0.15) is 19.3 Å². The molecule has 2 heterocycles. The summed E-state index contributed by atoms with van der Waals surface area (Å²) in [5.74, 6) is -2.55. The quantitative estimate of drug-likeness (QED) is 0.672. The Kier molecular flexibility index (Phi) is 7.06. The van der Waals surface area contributed by atoms with E-state index in [-0.39, 0.29) is 30.3 Å². The van der Waals surface area contributed by atoms with Crippen molar-refractivity contribution in [1.82, 2.24) is 9.13 Å². The highest BCUT2D eigenvalue weighted by Crippen LogP contribution is 2.21. The highest BCUT2D eigenvalue weighted by molar-refractivity contribution is 5.90. The summed E-state index contributed by atoms with van der Waals surface area (Å²) >= 11 is 0. The Morgan fingerprint density at radius 3 is 2.52 bits per heavy atom. The second kappa shape index (κ2) is 9.73. The molecule has 0 spiro atoms. The van der Waals surface area contributed by atoms with Crippen molar-refractivity contribution in [3.63, 3.8) is 0 Å². The van der Waals surface area contributed by atoms with Gasteiger partial charge in [-0.15, -0.1) is 0 Å².